The van der Waals surface area contributed by atoms with Crippen molar-refractivity contribution in [1.29, 1.82) is 0 Å². The number of aromatic nitrogens is 9. The van der Waals surface area contributed by atoms with E-state index in [1.165, 1.54) is 7.11 Å². The second-order valence-electron chi connectivity index (χ2n) is 6.63. The average molecular weight is 463 g/mol. The predicted molar refractivity (Wildman–Crippen MR) is 132 cm³/mol. The van der Waals surface area contributed by atoms with Crippen LogP contribution in [0.5, 0.6) is 6.01 Å². The minimum absolute atomic E-state index is 0.264. The van der Waals surface area contributed by atoms with Gasteiger partial charge in [-0.3, -0.25) is 5.10 Å². The van der Waals surface area contributed by atoms with Gasteiger partial charge in [0.25, 0.3) is 0 Å². The van der Waals surface area contributed by atoms with Gasteiger partial charge in [0.15, 0.2) is 11.6 Å². The molecule has 11 heteroatoms. The van der Waals surface area contributed by atoms with Crippen LogP contribution in [0.3, 0.4) is 0 Å². The lowest BCUT2D eigenvalue weighted by Gasteiger charge is -2.10. The fourth-order valence-electron chi connectivity index (χ4n) is 3.30. The van der Waals surface area contributed by atoms with E-state index < -0.39 is 0 Å². The maximum Gasteiger partial charge on any atom is 0.318 e. The number of fused-ring (bicyclic) bond motifs is 1. The molecule has 34 heavy (non-hydrogen) atoms. The topological polar surface area (TPSA) is 124 Å². The number of rotatable bonds is 5. The van der Waals surface area contributed by atoms with Gasteiger partial charge in [0.1, 0.15) is 11.3 Å². The Morgan fingerprint density at radius 3 is 2.44 bits per heavy atom. The van der Waals surface area contributed by atoms with Gasteiger partial charge in [0, 0.05) is 43.6 Å². The van der Waals surface area contributed by atoms with Crippen LogP contribution in [0.1, 0.15) is 33.3 Å². The molecule has 0 aliphatic heterocycles. The third kappa shape index (κ3) is 4.72. The zero-order chi connectivity index (χ0) is 24.7. The van der Waals surface area contributed by atoms with Gasteiger partial charge >= 0.3 is 6.01 Å². The fourth-order valence-corrected chi connectivity index (χ4v) is 3.30. The van der Waals surface area contributed by atoms with E-state index in [0.717, 1.165) is 22.3 Å². The standard InChI is InChI=1S/C19H18N10O.2C2H6/c1-11-12(13-4-7-22-26-13)10-29-15(11)16(23-14-5-6-21-19(24-14)30-3)25-17(27-29)18-20-8-9-28(18)2;2*1-2/h4-10H,1-3H3,(H,22,26)(H,21,23,24,25,27);2*1-2H3. The minimum Gasteiger partial charge on any atom is -0.467 e. The Bertz CT molecular complexity index is 1340. The third-order valence-electron chi connectivity index (χ3n) is 4.76. The van der Waals surface area contributed by atoms with Crippen molar-refractivity contribution in [3.8, 4) is 28.9 Å². The molecule has 0 spiro atoms. The van der Waals surface area contributed by atoms with Crippen LogP contribution >= 0.6 is 0 Å². The molecular formula is C23H30N10O. The molecule has 0 aliphatic rings. The lowest BCUT2D eigenvalue weighted by molar-refractivity contribution is 0.380. The van der Waals surface area contributed by atoms with Crippen molar-refractivity contribution in [3.63, 3.8) is 0 Å². The normalized spacial score (nSPS) is 10.2. The highest BCUT2D eigenvalue weighted by Crippen LogP contribution is 2.32. The van der Waals surface area contributed by atoms with Gasteiger partial charge in [0.05, 0.1) is 12.8 Å². The third-order valence-corrected chi connectivity index (χ3v) is 4.76. The maximum absolute atomic E-state index is 5.13. The summed E-state index contributed by atoms with van der Waals surface area (Å²) in [5, 5.41) is 15.0. The van der Waals surface area contributed by atoms with Gasteiger partial charge in [-0.15, -0.1) is 5.10 Å². The highest BCUT2D eigenvalue weighted by molar-refractivity contribution is 5.83. The maximum atomic E-state index is 5.13. The Balaban J connectivity index is 0.000000771. The van der Waals surface area contributed by atoms with Gasteiger partial charge < -0.3 is 14.6 Å². The van der Waals surface area contributed by atoms with Crippen LogP contribution in [0, 0.1) is 6.92 Å². The van der Waals surface area contributed by atoms with Crippen molar-refractivity contribution in [2.75, 3.05) is 12.4 Å². The smallest absolute Gasteiger partial charge is 0.318 e. The molecule has 0 fully saturated rings. The second kappa shape index (κ2) is 11.0. The number of hydrogen-bond acceptors (Lipinski definition) is 8. The zero-order valence-corrected chi connectivity index (χ0v) is 20.5. The quantitative estimate of drug-likeness (QED) is 0.393. The number of H-pyrrole nitrogens is 1. The van der Waals surface area contributed by atoms with Crippen molar-refractivity contribution < 1.29 is 4.74 Å². The Kier molecular flexibility index (Phi) is 7.91. The first kappa shape index (κ1) is 24.4. The number of imidazole rings is 1. The molecule has 178 valence electrons. The summed E-state index contributed by atoms with van der Waals surface area (Å²) >= 11 is 0. The molecule has 0 aromatic carbocycles. The molecule has 0 saturated carbocycles. The van der Waals surface area contributed by atoms with Crippen LogP contribution in [0.15, 0.2) is 43.1 Å². The molecule has 0 aliphatic carbocycles. The first-order valence-corrected chi connectivity index (χ1v) is 11.2. The van der Waals surface area contributed by atoms with E-state index in [1.807, 2.05) is 64.7 Å². The van der Waals surface area contributed by atoms with Gasteiger partial charge in [-0.1, -0.05) is 27.7 Å². The summed E-state index contributed by atoms with van der Waals surface area (Å²) in [4.78, 5) is 17.5. The first-order chi connectivity index (χ1) is 16.6. The van der Waals surface area contributed by atoms with E-state index in [-0.39, 0.29) is 6.01 Å². The summed E-state index contributed by atoms with van der Waals surface area (Å²) in [6.45, 7) is 10.0. The highest BCUT2D eigenvalue weighted by atomic mass is 16.5. The monoisotopic (exact) mass is 462 g/mol. The summed E-state index contributed by atoms with van der Waals surface area (Å²) in [6.07, 6.45) is 8.84. The van der Waals surface area contributed by atoms with Gasteiger partial charge in [-0.2, -0.15) is 10.1 Å². The largest absolute Gasteiger partial charge is 0.467 e. The summed E-state index contributed by atoms with van der Waals surface area (Å²) < 4.78 is 8.79. The zero-order valence-electron chi connectivity index (χ0n) is 20.5. The van der Waals surface area contributed by atoms with E-state index in [2.05, 4.69) is 30.5 Å². The number of aromatic amines is 1. The highest BCUT2D eigenvalue weighted by Gasteiger charge is 2.19. The lowest BCUT2D eigenvalue weighted by atomic mass is 10.1. The molecular weight excluding hydrogens is 432 g/mol. The van der Waals surface area contributed by atoms with Crippen molar-refractivity contribution in [2.24, 2.45) is 7.05 Å². The number of ether oxygens (including phenoxy) is 1. The first-order valence-electron chi connectivity index (χ1n) is 11.2. The Morgan fingerprint density at radius 2 is 1.79 bits per heavy atom. The number of nitrogens with zero attached hydrogens (tertiary/aromatic N) is 8. The molecule has 0 saturated heterocycles. The molecule has 5 aromatic heterocycles. The number of methoxy groups -OCH3 is 1. The van der Waals surface area contributed by atoms with Crippen molar-refractivity contribution in [3.05, 3.63) is 48.7 Å². The van der Waals surface area contributed by atoms with Gasteiger partial charge in [0.2, 0.25) is 5.82 Å². The van der Waals surface area contributed by atoms with Crippen LogP contribution in [0.4, 0.5) is 11.6 Å². The molecule has 2 N–H and O–H groups in total. The number of hydrogen-bond donors (Lipinski definition) is 2. The van der Waals surface area contributed by atoms with Crippen LogP contribution < -0.4 is 10.1 Å². The summed E-state index contributed by atoms with van der Waals surface area (Å²) in [6, 6.07) is 3.92. The van der Waals surface area contributed by atoms with Crippen molar-refractivity contribution >= 4 is 17.2 Å². The van der Waals surface area contributed by atoms with Crippen LogP contribution in [-0.4, -0.2) is 51.4 Å². The Morgan fingerprint density at radius 1 is 1.00 bits per heavy atom. The van der Waals surface area contributed by atoms with Gasteiger partial charge in [-0.05, 0) is 24.6 Å². The summed E-state index contributed by atoms with van der Waals surface area (Å²) in [7, 11) is 3.42. The molecule has 0 amide bonds. The Labute approximate surface area is 198 Å². The van der Waals surface area contributed by atoms with E-state index >= 15 is 0 Å². The molecule has 0 unspecified atom stereocenters. The number of aryl methyl sites for hydroxylation is 2. The number of nitrogens with one attached hydrogen (secondary N) is 2. The molecule has 5 heterocycles. The molecule has 0 bridgehead atoms. The van der Waals surface area contributed by atoms with E-state index in [1.54, 1.807) is 29.2 Å². The van der Waals surface area contributed by atoms with Crippen molar-refractivity contribution in [1.82, 2.24) is 44.3 Å². The van der Waals surface area contributed by atoms with Crippen LogP contribution in [-0.2, 0) is 7.05 Å². The second-order valence-corrected chi connectivity index (χ2v) is 6.63. The average Bonchev–Trinajstić information content (AvgIpc) is 3.62. The molecule has 5 rings (SSSR count). The summed E-state index contributed by atoms with van der Waals surface area (Å²) in [5.41, 5.74) is 3.68. The molecule has 11 nitrogen and oxygen atoms in total. The predicted octanol–water partition coefficient (Wildman–Crippen LogP) is 4.42. The minimum atomic E-state index is 0.264. The molecule has 0 radical (unpaired) electrons. The Hall–Kier alpha value is -4.28. The van der Waals surface area contributed by atoms with E-state index in [0.29, 0.717) is 23.3 Å². The van der Waals surface area contributed by atoms with E-state index in [9.17, 15) is 0 Å². The number of anilines is 2. The SMILES string of the molecule is CC.CC.COc1nccc(Nc2nc(-c3nccn3C)nn3cc(-c4ccn[nH]4)c(C)c23)n1. The van der Waals surface area contributed by atoms with Gasteiger partial charge in [-0.25, -0.2) is 19.5 Å². The lowest BCUT2D eigenvalue weighted by Crippen LogP contribution is -2.07. The van der Waals surface area contributed by atoms with Crippen molar-refractivity contribution in [2.45, 2.75) is 34.6 Å². The van der Waals surface area contributed by atoms with Crippen LogP contribution in [0.2, 0.25) is 0 Å². The molecule has 5 aromatic rings. The van der Waals surface area contributed by atoms with Crippen LogP contribution in [0.25, 0.3) is 28.4 Å². The summed E-state index contributed by atoms with van der Waals surface area (Å²) in [5.74, 6) is 2.27. The van der Waals surface area contributed by atoms with E-state index in [4.69, 9.17) is 14.8 Å². The molecule has 0 atom stereocenters. The fraction of sp³-hybridized carbons (Fsp3) is 0.304.